The summed E-state index contributed by atoms with van der Waals surface area (Å²) in [6.45, 7) is 1.95. The number of rotatable bonds is 7. The van der Waals surface area contributed by atoms with Gasteiger partial charge in [0.1, 0.15) is 5.65 Å². The van der Waals surface area contributed by atoms with Gasteiger partial charge in [-0.2, -0.15) is 5.10 Å². The highest BCUT2D eigenvalue weighted by Crippen LogP contribution is 2.38. The maximum Gasteiger partial charge on any atom is 0.258 e. The number of halogens is 1. The molecule has 0 spiro atoms. The third-order valence-corrected chi connectivity index (χ3v) is 6.18. The number of fused-ring (bicyclic) bond motifs is 1. The molecule has 0 unspecified atom stereocenters. The molecule has 4 aromatic rings. The predicted molar refractivity (Wildman–Crippen MR) is 129 cm³/mol. The second-order valence-corrected chi connectivity index (χ2v) is 8.59. The van der Waals surface area contributed by atoms with Crippen LogP contribution in [0.25, 0.3) is 11.0 Å². The second kappa shape index (κ2) is 9.52. The molecule has 0 saturated carbocycles. The molecule has 2 amide bonds. The highest BCUT2D eigenvalue weighted by atomic mass is 35.5. The Morgan fingerprint density at radius 3 is 2.97 bits per heavy atom. The van der Waals surface area contributed by atoms with Crippen molar-refractivity contribution in [3.05, 3.63) is 65.5 Å². The van der Waals surface area contributed by atoms with Crippen LogP contribution in [0.1, 0.15) is 28.8 Å². The van der Waals surface area contributed by atoms with E-state index in [1.54, 1.807) is 35.7 Å². The summed E-state index contributed by atoms with van der Waals surface area (Å²) in [5, 5.41) is 11.4. The number of hydrogen-bond donors (Lipinski definition) is 3. The van der Waals surface area contributed by atoms with Gasteiger partial charge in [0.05, 0.1) is 46.3 Å². The standard InChI is InChI=1S/C23H23ClN8O2/c24-18-9-26-22-20(21(18)31-7-1-2-17(13-31)28-14-33)19(10-27-22)30-23(34)16-8-29-32(12-16)11-15-3-5-25-6-4-15/h3-6,8-10,12,14,17H,1-2,7,11,13H2,(H,26,27)(H,28,33)(H,30,34)/t17-/m1/s1. The molecule has 0 aliphatic carbocycles. The van der Waals surface area contributed by atoms with E-state index in [1.165, 1.54) is 6.20 Å². The number of carbonyl (C=O) groups excluding carboxylic acids is 2. The van der Waals surface area contributed by atoms with Crippen molar-refractivity contribution in [3.63, 3.8) is 0 Å². The Morgan fingerprint density at radius 1 is 1.29 bits per heavy atom. The van der Waals surface area contributed by atoms with E-state index in [0.29, 0.717) is 35.0 Å². The van der Waals surface area contributed by atoms with E-state index in [9.17, 15) is 9.59 Å². The van der Waals surface area contributed by atoms with Crippen molar-refractivity contribution >= 4 is 46.3 Å². The van der Waals surface area contributed by atoms with E-state index < -0.39 is 0 Å². The molecule has 174 valence electrons. The lowest BCUT2D eigenvalue weighted by Crippen LogP contribution is -2.45. The average Bonchev–Trinajstić information content (AvgIpc) is 3.48. The van der Waals surface area contributed by atoms with Gasteiger partial charge in [-0.3, -0.25) is 19.3 Å². The van der Waals surface area contributed by atoms with Crippen molar-refractivity contribution in [3.8, 4) is 0 Å². The summed E-state index contributed by atoms with van der Waals surface area (Å²) < 4.78 is 1.71. The van der Waals surface area contributed by atoms with E-state index in [-0.39, 0.29) is 11.9 Å². The van der Waals surface area contributed by atoms with Crippen LogP contribution in [0, 0.1) is 0 Å². The topological polar surface area (TPSA) is 121 Å². The molecule has 1 fully saturated rings. The zero-order valence-electron chi connectivity index (χ0n) is 18.2. The van der Waals surface area contributed by atoms with Gasteiger partial charge < -0.3 is 20.5 Å². The highest BCUT2D eigenvalue weighted by Gasteiger charge is 2.25. The van der Waals surface area contributed by atoms with Gasteiger partial charge in [-0.15, -0.1) is 0 Å². The Balaban J connectivity index is 1.40. The molecular weight excluding hydrogens is 456 g/mol. The predicted octanol–water partition coefficient (Wildman–Crippen LogP) is 2.82. The summed E-state index contributed by atoms with van der Waals surface area (Å²) in [4.78, 5) is 37.6. The van der Waals surface area contributed by atoms with E-state index >= 15 is 0 Å². The summed E-state index contributed by atoms with van der Waals surface area (Å²) in [5.74, 6) is -0.285. The maximum absolute atomic E-state index is 13.0. The Kier molecular flexibility index (Phi) is 6.13. The van der Waals surface area contributed by atoms with Gasteiger partial charge in [-0.1, -0.05) is 11.6 Å². The zero-order chi connectivity index (χ0) is 23.5. The zero-order valence-corrected chi connectivity index (χ0v) is 19.0. The molecule has 1 atom stereocenters. The van der Waals surface area contributed by atoms with Gasteiger partial charge in [-0.25, -0.2) is 4.98 Å². The summed E-state index contributed by atoms with van der Waals surface area (Å²) in [7, 11) is 0. The fourth-order valence-corrected chi connectivity index (χ4v) is 4.58. The normalized spacial score (nSPS) is 15.9. The molecular formula is C23H23ClN8O2. The van der Waals surface area contributed by atoms with Crippen molar-refractivity contribution in [2.24, 2.45) is 0 Å². The smallest absolute Gasteiger partial charge is 0.258 e. The average molecular weight is 479 g/mol. The lowest BCUT2D eigenvalue weighted by molar-refractivity contribution is -0.110. The minimum Gasteiger partial charge on any atom is -0.368 e. The number of H-pyrrole nitrogens is 1. The van der Waals surface area contributed by atoms with Crippen molar-refractivity contribution < 1.29 is 9.59 Å². The second-order valence-electron chi connectivity index (χ2n) is 8.19. The number of hydrogen-bond acceptors (Lipinski definition) is 6. The third kappa shape index (κ3) is 4.44. The number of amides is 2. The lowest BCUT2D eigenvalue weighted by atomic mass is 10.0. The summed E-state index contributed by atoms with van der Waals surface area (Å²) in [5.41, 5.74) is 3.46. The first-order valence-corrected chi connectivity index (χ1v) is 11.3. The Hall–Kier alpha value is -3.92. The Bertz CT molecular complexity index is 1320. The number of pyridine rings is 2. The molecule has 34 heavy (non-hydrogen) atoms. The van der Waals surface area contributed by atoms with E-state index in [1.807, 2.05) is 12.1 Å². The maximum atomic E-state index is 13.0. The van der Waals surface area contributed by atoms with Gasteiger partial charge in [-0.05, 0) is 30.5 Å². The van der Waals surface area contributed by atoms with Gasteiger partial charge in [0.25, 0.3) is 5.91 Å². The molecule has 4 aromatic heterocycles. The van der Waals surface area contributed by atoms with Crippen LogP contribution in [0.3, 0.4) is 0 Å². The summed E-state index contributed by atoms with van der Waals surface area (Å²) in [6.07, 6.45) is 12.5. The van der Waals surface area contributed by atoms with E-state index in [4.69, 9.17) is 11.6 Å². The van der Waals surface area contributed by atoms with Crippen LogP contribution in [-0.2, 0) is 11.3 Å². The minimum absolute atomic E-state index is 0.0359. The van der Waals surface area contributed by atoms with Crippen LogP contribution in [0.4, 0.5) is 11.4 Å². The quantitative estimate of drug-likeness (QED) is 0.351. The Labute approximate surface area is 200 Å². The number of nitrogens with one attached hydrogen (secondary N) is 3. The molecule has 5 rings (SSSR count). The first-order chi connectivity index (χ1) is 16.6. The summed E-state index contributed by atoms with van der Waals surface area (Å²) in [6, 6.07) is 3.84. The highest BCUT2D eigenvalue weighted by molar-refractivity contribution is 6.35. The summed E-state index contributed by atoms with van der Waals surface area (Å²) >= 11 is 6.59. The molecule has 0 aromatic carbocycles. The molecule has 1 aliphatic heterocycles. The molecule has 1 saturated heterocycles. The lowest BCUT2D eigenvalue weighted by Gasteiger charge is -2.35. The van der Waals surface area contributed by atoms with Crippen LogP contribution in [0.2, 0.25) is 5.02 Å². The molecule has 3 N–H and O–H groups in total. The fraction of sp³-hybridized carbons (Fsp3) is 0.261. The molecule has 0 bridgehead atoms. The molecule has 5 heterocycles. The van der Waals surface area contributed by atoms with Crippen LogP contribution < -0.4 is 15.5 Å². The molecule has 11 heteroatoms. The van der Waals surface area contributed by atoms with Crippen LogP contribution in [0.5, 0.6) is 0 Å². The van der Waals surface area contributed by atoms with Crippen LogP contribution in [-0.4, -0.2) is 56.2 Å². The number of aromatic nitrogens is 5. The fourth-order valence-electron chi connectivity index (χ4n) is 4.31. The number of nitrogens with zero attached hydrogens (tertiary/aromatic N) is 5. The number of aromatic amines is 1. The van der Waals surface area contributed by atoms with E-state index in [2.05, 4.69) is 35.6 Å². The van der Waals surface area contributed by atoms with Gasteiger partial charge >= 0.3 is 0 Å². The van der Waals surface area contributed by atoms with Crippen molar-refractivity contribution in [1.82, 2.24) is 30.0 Å². The van der Waals surface area contributed by atoms with Crippen molar-refractivity contribution in [2.75, 3.05) is 23.3 Å². The molecule has 0 radical (unpaired) electrons. The minimum atomic E-state index is -0.285. The van der Waals surface area contributed by atoms with Crippen LogP contribution >= 0.6 is 11.6 Å². The number of piperidine rings is 1. The van der Waals surface area contributed by atoms with Crippen LogP contribution in [0.15, 0.2) is 49.3 Å². The van der Waals surface area contributed by atoms with Gasteiger partial charge in [0, 0.05) is 43.9 Å². The molecule has 10 nitrogen and oxygen atoms in total. The number of anilines is 2. The van der Waals surface area contributed by atoms with Gasteiger partial charge in [0.2, 0.25) is 6.41 Å². The largest absolute Gasteiger partial charge is 0.368 e. The Morgan fingerprint density at radius 2 is 2.15 bits per heavy atom. The van der Waals surface area contributed by atoms with Crippen molar-refractivity contribution in [1.29, 1.82) is 0 Å². The monoisotopic (exact) mass is 478 g/mol. The molecule has 1 aliphatic rings. The van der Waals surface area contributed by atoms with Crippen molar-refractivity contribution in [2.45, 2.75) is 25.4 Å². The van der Waals surface area contributed by atoms with Gasteiger partial charge in [0.15, 0.2) is 0 Å². The third-order valence-electron chi connectivity index (χ3n) is 5.91. The number of carbonyl (C=O) groups is 2. The van der Waals surface area contributed by atoms with E-state index in [0.717, 1.165) is 42.4 Å². The first-order valence-electron chi connectivity index (χ1n) is 11.0. The SMILES string of the molecule is O=CN[C@@H]1CCCN(c2c(Cl)cnc3[nH]cc(NC(=O)c4cnn(Cc5ccncc5)c4)c23)C1. The first kappa shape index (κ1) is 21.9.